The molecule has 22 heteroatoms. The number of hydrogen-bond donors (Lipinski definition) is 1. The maximum absolute atomic E-state index is 14.0. The number of esters is 1. The number of carbonyl (C=O) groups excluding carboxylic acids is 5. The second kappa shape index (κ2) is 28.1. The number of anilines is 2. The normalized spacial score (nSPS) is 16.3. The zero-order chi connectivity index (χ0) is 63.8. The summed E-state index contributed by atoms with van der Waals surface area (Å²) in [6, 6.07) is 16.5. The van der Waals surface area contributed by atoms with Crippen LogP contribution < -0.4 is 19.3 Å². The maximum atomic E-state index is 14.0. The van der Waals surface area contributed by atoms with Crippen LogP contribution in [0.2, 0.25) is 0 Å². The van der Waals surface area contributed by atoms with E-state index in [4.69, 9.17) is 23.7 Å². The predicted molar refractivity (Wildman–Crippen MR) is 313 cm³/mol. The Hall–Kier alpha value is -7.52. The van der Waals surface area contributed by atoms with Gasteiger partial charge in [0.15, 0.2) is 0 Å². The third-order valence-electron chi connectivity index (χ3n) is 16.1. The highest BCUT2D eigenvalue weighted by Crippen LogP contribution is 2.42. The number of halogens is 6. The van der Waals surface area contributed by atoms with Gasteiger partial charge in [0.2, 0.25) is 0 Å². The van der Waals surface area contributed by atoms with E-state index in [1.807, 2.05) is 0 Å². The molecular formula is C65H80F6N4O12. The third-order valence-corrected chi connectivity index (χ3v) is 16.1. The van der Waals surface area contributed by atoms with Crippen molar-refractivity contribution in [3.8, 4) is 11.5 Å². The summed E-state index contributed by atoms with van der Waals surface area (Å²) >= 11 is 0. The topological polar surface area (TPSA) is 182 Å². The molecule has 474 valence electrons. The van der Waals surface area contributed by atoms with Crippen LogP contribution in [-0.2, 0) is 71.8 Å². The van der Waals surface area contributed by atoms with Gasteiger partial charge in [-0.1, -0.05) is 62.8 Å². The number of carboxylic acids is 1. The number of ether oxygens (including phenoxy) is 5. The second-order valence-corrected chi connectivity index (χ2v) is 24.7. The number of amides is 4. The maximum Gasteiger partial charge on any atom is 0.416 e. The Bertz CT molecular complexity index is 3120. The molecule has 0 saturated heterocycles. The summed E-state index contributed by atoms with van der Waals surface area (Å²) in [6.07, 6.45) is -0.705. The second-order valence-electron chi connectivity index (χ2n) is 24.7. The largest absolute Gasteiger partial charge is 0.489 e. The Morgan fingerprint density at radius 1 is 0.552 bits per heavy atom. The highest BCUT2D eigenvalue weighted by atomic mass is 19.4. The fourth-order valence-corrected chi connectivity index (χ4v) is 11.5. The van der Waals surface area contributed by atoms with Gasteiger partial charge in [0.05, 0.1) is 31.1 Å². The summed E-state index contributed by atoms with van der Waals surface area (Å²) in [5.74, 6) is -1.94. The summed E-state index contributed by atoms with van der Waals surface area (Å²) < 4.78 is 111. The predicted octanol–water partition coefficient (Wildman–Crippen LogP) is 14.0. The molecule has 0 radical (unpaired) electrons. The van der Waals surface area contributed by atoms with E-state index in [0.29, 0.717) is 35.7 Å². The van der Waals surface area contributed by atoms with E-state index in [2.05, 4.69) is 0 Å². The SMILES string of the molecule is CN(C(=O)OC(C)(C)C)[C@H](CC(=O)O)C(=O)N1CCc2cc(OCc3ccc(C4CCCCC4)cc3C(F)(F)F)ccc21.COC(=O)C[C@H](C(=O)N1CCc2cc(OCc3ccc(C4CCCCC4)cc3C(F)(F)F)ccc21)N(C)C(=O)OC(C)(C)C. The number of carboxylic acid groups (broad SMARTS) is 1. The fourth-order valence-electron chi connectivity index (χ4n) is 11.5. The van der Waals surface area contributed by atoms with Gasteiger partial charge in [-0.15, -0.1) is 0 Å². The first-order valence-electron chi connectivity index (χ1n) is 29.6. The van der Waals surface area contributed by atoms with Crippen LogP contribution in [0.25, 0.3) is 0 Å². The first kappa shape index (κ1) is 67.0. The van der Waals surface area contributed by atoms with Gasteiger partial charge in [-0.25, -0.2) is 9.59 Å². The summed E-state index contributed by atoms with van der Waals surface area (Å²) in [5, 5.41) is 9.44. The molecule has 2 aliphatic carbocycles. The van der Waals surface area contributed by atoms with Crippen LogP contribution >= 0.6 is 0 Å². The van der Waals surface area contributed by atoms with E-state index in [9.17, 15) is 60.2 Å². The molecule has 2 saturated carbocycles. The molecule has 16 nitrogen and oxygen atoms in total. The summed E-state index contributed by atoms with van der Waals surface area (Å²) in [4.78, 5) is 81.3. The lowest BCUT2D eigenvalue weighted by molar-refractivity contribution is -0.144. The molecule has 0 spiro atoms. The quantitative estimate of drug-likeness (QED) is 0.0638. The van der Waals surface area contributed by atoms with Crippen LogP contribution in [0.15, 0.2) is 72.8 Å². The van der Waals surface area contributed by atoms with Gasteiger partial charge >= 0.3 is 36.5 Å². The number of rotatable bonds is 16. The minimum Gasteiger partial charge on any atom is -0.489 e. The van der Waals surface area contributed by atoms with Crippen LogP contribution in [-0.4, -0.2) is 108 Å². The number of alkyl halides is 6. The average Bonchev–Trinajstić information content (AvgIpc) is 2.33. The van der Waals surface area contributed by atoms with E-state index in [1.54, 1.807) is 90.1 Å². The molecule has 4 amide bonds. The molecule has 0 aromatic heterocycles. The van der Waals surface area contributed by atoms with Crippen LogP contribution in [0.3, 0.4) is 0 Å². The molecule has 0 unspecified atom stereocenters. The molecule has 4 aliphatic rings. The Morgan fingerprint density at radius 2 is 0.931 bits per heavy atom. The Balaban J connectivity index is 0.000000249. The Labute approximate surface area is 504 Å². The van der Waals surface area contributed by atoms with Gasteiger partial charge in [0, 0.05) is 49.7 Å². The number of carbonyl (C=O) groups is 6. The van der Waals surface area contributed by atoms with Crippen molar-refractivity contribution in [1.82, 2.24) is 9.80 Å². The van der Waals surface area contributed by atoms with Crippen LogP contribution in [0.5, 0.6) is 11.5 Å². The number of fused-ring (bicyclic) bond motifs is 2. The number of hydrogen-bond acceptors (Lipinski definition) is 11. The Kier molecular flexibility index (Phi) is 21.6. The number of nitrogens with zero attached hydrogens (tertiary/aromatic N) is 4. The third kappa shape index (κ3) is 17.8. The first-order chi connectivity index (χ1) is 40.8. The van der Waals surface area contributed by atoms with Crippen LogP contribution in [0.4, 0.5) is 47.3 Å². The molecular weight excluding hydrogens is 1140 g/mol. The van der Waals surface area contributed by atoms with Crippen molar-refractivity contribution >= 4 is 47.3 Å². The van der Waals surface area contributed by atoms with Gasteiger partial charge in [-0.2, -0.15) is 26.3 Å². The number of likely N-dealkylation sites (N-methyl/N-ethyl adjacent to an activating group) is 2. The van der Waals surface area contributed by atoms with E-state index in [0.717, 1.165) is 96.3 Å². The summed E-state index contributed by atoms with van der Waals surface area (Å²) in [6.45, 7) is 10.1. The van der Waals surface area contributed by atoms with Gasteiger partial charge in [0.1, 0.15) is 48.0 Å². The van der Waals surface area contributed by atoms with Crippen molar-refractivity contribution in [2.75, 3.05) is 44.1 Å². The molecule has 8 rings (SSSR count). The monoisotopic (exact) mass is 1220 g/mol. The van der Waals surface area contributed by atoms with Crippen molar-refractivity contribution in [2.45, 2.75) is 192 Å². The van der Waals surface area contributed by atoms with E-state index >= 15 is 0 Å². The Morgan fingerprint density at radius 3 is 1.28 bits per heavy atom. The van der Waals surface area contributed by atoms with Crippen molar-refractivity contribution in [2.24, 2.45) is 0 Å². The molecule has 0 bridgehead atoms. The molecule has 4 aromatic rings. The van der Waals surface area contributed by atoms with Crippen molar-refractivity contribution in [1.29, 1.82) is 0 Å². The van der Waals surface area contributed by atoms with Crippen LogP contribution in [0, 0.1) is 0 Å². The molecule has 2 heterocycles. The molecule has 4 aromatic carbocycles. The molecule has 2 fully saturated rings. The van der Waals surface area contributed by atoms with Gasteiger partial charge in [0.25, 0.3) is 11.8 Å². The summed E-state index contributed by atoms with van der Waals surface area (Å²) in [5.41, 5.74) is 1.13. The minimum absolute atomic E-state index is 0.0473. The van der Waals surface area contributed by atoms with Gasteiger partial charge in [-0.3, -0.25) is 29.0 Å². The zero-order valence-electron chi connectivity index (χ0n) is 51.0. The number of methoxy groups -OCH3 is 1. The smallest absolute Gasteiger partial charge is 0.416 e. The molecule has 87 heavy (non-hydrogen) atoms. The van der Waals surface area contributed by atoms with Crippen molar-refractivity contribution in [3.05, 3.63) is 117 Å². The highest BCUT2D eigenvalue weighted by molar-refractivity contribution is 6.03. The first-order valence-corrected chi connectivity index (χ1v) is 29.6. The van der Waals surface area contributed by atoms with E-state index in [1.165, 1.54) is 55.3 Å². The highest BCUT2D eigenvalue weighted by Gasteiger charge is 2.41. The molecule has 2 atom stereocenters. The molecule has 2 aliphatic heterocycles. The minimum atomic E-state index is -4.51. The lowest BCUT2D eigenvalue weighted by atomic mass is 9.83. The zero-order valence-corrected chi connectivity index (χ0v) is 51.0. The van der Waals surface area contributed by atoms with E-state index in [-0.39, 0.29) is 55.7 Å². The average molecular weight is 1220 g/mol. The molecule has 1 N–H and O–H groups in total. The fraction of sp³-hybridized carbons (Fsp3) is 0.538. The lowest BCUT2D eigenvalue weighted by Crippen LogP contribution is -2.51. The van der Waals surface area contributed by atoms with E-state index < -0.39 is 89.1 Å². The number of benzene rings is 4. The van der Waals surface area contributed by atoms with Gasteiger partial charge < -0.3 is 38.6 Å². The number of aliphatic carboxylic acids is 1. The van der Waals surface area contributed by atoms with Crippen molar-refractivity contribution < 1.29 is 83.9 Å². The summed E-state index contributed by atoms with van der Waals surface area (Å²) in [7, 11) is 3.92. The van der Waals surface area contributed by atoms with Crippen molar-refractivity contribution in [3.63, 3.8) is 0 Å². The van der Waals surface area contributed by atoms with Crippen LogP contribution in [0.1, 0.15) is 175 Å². The lowest BCUT2D eigenvalue weighted by Gasteiger charge is -2.32. The van der Waals surface area contributed by atoms with Gasteiger partial charge in [-0.05, 0) is 163 Å². The standard InChI is InChI=1S/C33H41F3N2O6.C32H39F3N2O6/c1-32(2,3)44-31(41)37(4)28(19-29(39)42-5)30(40)38-16-15-23-17-25(13-14-27(23)38)43-20-24-12-11-22(18-26(24)33(34,35)36)21-9-7-6-8-10-21;1-31(2,3)43-30(41)36(4)27(18-28(38)39)29(40)37-15-14-22-16-24(12-13-26(22)37)42-19-23-11-10-21(17-25(23)32(33,34)35)20-8-6-5-7-9-20/h11-14,17-18,21,28H,6-10,15-16,19-20H2,1-5H3;10-13,16-17,20,27H,5-9,14-15,18-19H2,1-4H3,(H,38,39)/t28-;27-/m11/s1.